The summed E-state index contributed by atoms with van der Waals surface area (Å²) < 4.78 is 12.6. The number of carbonyl (C=O) groups excluding carboxylic acids is 2. The fourth-order valence-corrected chi connectivity index (χ4v) is 9.12. The first-order valence-electron chi connectivity index (χ1n) is 15.7. The smallest absolute Gasteiger partial charge is 0.338 e. The molecule has 0 N–H and O–H groups in total. The van der Waals surface area contributed by atoms with E-state index in [0.29, 0.717) is 29.7 Å². The summed E-state index contributed by atoms with van der Waals surface area (Å²) in [7, 11) is 4.42. The van der Waals surface area contributed by atoms with Crippen LogP contribution in [0.3, 0.4) is 0 Å². The molecule has 6 nitrogen and oxygen atoms in total. The highest BCUT2D eigenvalue weighted by atomic mass is 16.5. The molecule has 4 bridgehead atoms. The van der Waals surface area contributed by atoms with Gasteiger partial charge in [0.05, 0.1) is 5.57 Å². The molecule has 214 valence electrons. The Morgan fingerprint density at radius 3 is 2.02 bits per heavy atom. The minimum absolute atomic E-state index is 0.0335. The first-order chi connectivity index (χ1) is 19.4. The van der Waals surface area contributed by atoms with E-state index in [2.05, 4.69) is 42.1 Å². The maximum absolute atomic E-state index is 14.4. The first-order valence-corrected chi connectivity index (χ1v) is 15.7. The second-order valence-corrected chi connectivity index (χ2v) is 13.4. The normalized spacial score (nSPS) is 42.2. The molecule has 0 aromatic carbocycles. The molecule has 7 unspecified atom stereocenters. The second kappa shape index (κ2) is 10.4. The highest BCUT2D eigenvalue weighted by molar-refractivity contribution is 5.96. The van der Waals surface area contributed by atoms with E-state index in [4.69, 9.17) is 9.47 Å². The van der Waals surface area contributed by atoms with Crippen LogP contribution in [0.2, 0.25) is 0 Å². The molecule has 0 aromatic rings. The van der Waals surface area contributed by atoms with Crippen LogP contribution >= 0.6 is 0 Å². The van der Waals surface area contributed by atoms with Crippen molar-refractivity contribution < 1.29 is 19.1 Å². The predicted octanol–water partition coefficient (Wildman–Crippen LogP) is 5.27. The van der Waals surface area contributed by atoms with Crippen molar-refractivity contribution in [3.05, 3.63) is 59.8 Å². The molecule has 40 heavy (non-hydrogen) atoms. The van der Waals surface area contributed by atoms with Gasteiger partial charge in [-0.3, -0.25) is 4.79 Å². The number of nitrogens with zero attached hydrogens (tertiary/aromatic N) is 2. The number of ether oxygens (including phenoxy) is 2. The summed E-state index contributed by atoms with van der Waals surface area (Å²) in [6.07, 6.45) is 27.9. The third kappa shape index (κ3) is 4.37. The summed E-state index contributed by atoms with van der Waals surface area (Å²) in [5, 5.41) is 0. The maximum atomic E-state index is 14.4. The van der Waals surface area contributed by atoms with Gasteiger partial charge >= 0.3 is 11.9 Å². The van der Waals surface area contributed by atoms with Gasteiger partial charge in [0.2, 0.25) is 0 Å². The van der Waals surface area contributed by atoms with E-state index in [-0.39, 0.29) is 36.0 Å². The molecule has 0 spiro atoms. The molecule has 0 saturated carbocycles. The van der Waals surface area contributed by atoms with Crippen LogP contribution in [-0.2, 0) is 19.1 Å². The Morgan fingerprint density at radius 1 is 0.800 bits per heavy atom. The van der Waals surface area contributed by atoms with Gasteiger partial charge in [0, 0.05) is 42.9 Å². The van der Waals surface area contributed by atoms with Crippen LogP contribution in [0.5, 0.6) is 0 Å². The Hall–Kier alpha value is -2.44. The minimum atomic E-state index is -0.855. The summed E-state index contributed by atoms with van der Waals surface area (Å²) >= 11 is 0. The van der Waals surface area contributed by atoms with Crippen molar-refractivity contribution in [1.29, 1.82) is 0 Å². The number of allylic oxidation sites excluding steroid dienone is 7. The quantitative estimate of drug-likeness (QED) is 0.347. The molecule has 4 saturated heterocycles. The number of hydrogen-bond acceptors (Lipinski definition) is 6. The zero-order valence-corrected chi connectivity index (χ0v) is 24.0. The Bertz CT molecular complexity index is 1170. The van der Waals surface area contributed by atoms with E-state index in [1.165, 1.54) is 25.7 Å². The molecule has 0 aromatic heterocycles. The van der Waals surface area contributed by atoms with E-state index in [1.807, 2.05) is 30.4 Å². The number of rotatable bonds is 5. The van der Waals surface area contributed by atoms with Crippen molar-refractivity contribution in [3.63, 3.8) is 0 Å². The Balaban J connectivity index is 1.16. The van der Waals surface area contributed by atoms with Gasteiger partial charge in [0.15, 0.2) is 0 Å². The van der Waals surface area contributed by atoms with Gasteiger partial charge < -0.3 is 19.3 Å². The van der Waals surface area contributed by atoms with E-state index >= 15 is 0 Å². The summed E-state index contributed by atoms with van der Waals surface area (Å²) in [5.74, 6) is -0.595. The van der Waals surface area contributed by atoms with Crippen molar-refractivity contribution >= 4 is 11.9 Å². The van der Waals surface area contributed by atoms with Crippen molar-refractivity contribution in [2.75, 3.05) is 14.1 Å². The minimum Gasteiger partial charge on any atom is -0.462 e. The van der Waals surface area contributed by atoms with Crippen LogP contribution in [0.15, 0.2) is 59.8 Å². The number of fused-ring (bicyclic) bond motifs is 5. The van der Waals surface area contributed by atoms with E-state index < -0.39 is 5.41 Å². The lowest BCUT2D eigenvalue weighted by molar-refractivity contribution is -0.166. The second-order valence-electron chi connectivity index (χ2n) is 13.4. The summed E-state index contributed by atoms with van der Waals surface area (Å²) in [4.78, 5) is 33.1. The van der Waals surface area contributed by atoms with Gasteiger partial charge in [0.1, 0.15) is 17.6 Å². The highest BCUT2D eigenvalue weighted by Crippen LogP contribution is 2.52. The number of carbonyl (C=O) groups is 2. The van der Waals surface area contributed by atoms with Crippen molar-refractivity contribution in [2.24, 2.45) is 17.3 Å². The van der Waals surface area contributed by atoms with Crippen molar-refractivity contribution in [1.82, 2.24) is 9.80 Å². The lowest BCUT2D eigenvalue weighted by Crippen LogP contribution is -2.50. The number of hydrogen-bond donors (Lipinski definition) is 0. The van der Waals surface area contributed by atoms with E-state index in [0.717, 1.165) is 50.5 Å². The third-order valence-corrected chi connectivity index (χ3v) is 11.5. The predicted molar refractivity (Wildman–Crippen MR) is 154 cm³/mol. The van der Waals surface area contributed by atoms with Gasteiger partial charge in [-0.15, -0.1) is 0 Å². The fraction of sp³-hybridized carbons (Fsp3) is 0.647. The molecule has 4 fully saturated rings. The highest BCUT2D eigenvalue weighted by Gasteiger charge is 2.54. The van der Waals surface area contributed by atoms with Crippen LogP contribution in [0.4, 0.5) is 0 Å². The van der Waals surface area contributed by atoms with Crippen LogP contribution in [0.25, 0.3) is 0 Å². The average molecular weight is 545 g/mol. The molecule has 7 aliphatic rings. The maximum Gasteiger partial charge on any atom is 0.338 e. The van der Waals surface area contributed by atoms with E-state index in [1.54, 1.807) is 0 Å². The average Bonchev–Trinajstić information content (AvgIpc) is 3.28. The molecule has 3 aliphatic carbocycles. The SMILES string of the molecule is CN1C2CCC1CC(OC(=O)C1=C3C=CC=CC3C(C(=O)OC3CC4CCC(C3)N4C)(C3C=CCCC3)C=C1)C2. The summed E-state index contributed by atoms with van der Waals surface area (Å²) in [6, 6.07) is 2.04. The van der Waals surface area contributed by atoms with Crippen LogP contribution in [0, 0.1) is 17.3 Å². The Morgan fingerprint density at radius 2 is 1.43 bits per heavy atom. The molecule has 4 aliphatic heterocycles. The van der Waals surface area contributed by atoms with Crippen LogP contribution in [-0.4, -0.2) is 72.2 Å². The molecule has 6 heteroatoms. The standard InChI is InChI=1S/C34H44N2O4/c1-35-23-12-13-24(35)19-27(18-23)39-32(37)30-16-17-34(22-8-4-3-5-9-22,31-11-7-6-10-29(30)31)33(38)40-28-20-25-14-15-26(21-28)36(25)2/h4,6-8,10-11,16-17,22-28,31H,3,5,9,12-15,18-21H2,1-2H3. The first kappa shape index (κ1) is 26.5. The Labute approximate surface area is 238 Å². The van der Waals surface area contributed by atoms with Gasteiger partial charge in [-0.2, -0.15) is 0 Å². The molecule has 0 radical (unpaired) electrons. The molecule has 7 atom stereocenters. The number of esters is 2. The molecular formula is C34H44N2O4. The van der Waals surface area contributed by atoms with Crippen LogP contribution < -0.4 is 0 Å². The zero-order chi connectivity index (χ0) is 27.4. The molecule has 0 amide bonds. The molecule has 4 heterocycles. The fourth-order valence-electron chi connectivity index (χ4n) is 9.12. The largest absolute Gasteiger partial charge is 0.462 e. The number of piperidine rings is 2. The van der Waals surface area contributed by atoms with Crippen molar-refractivity contribution in [2.45, 2.75) is 107 Å². The molecular weight excluding hydrogens is 500 g/mol. The van der Waals surface area contributed by atoms with Gasteiger partial charge in [-0.25, -0.2) is 4.79 Å². The van der Waals surface area contributed by atoms with E-state index in [9.17, 15) is 9.59 Å². The van der Waals surface area contributed by atoms with Gasteiger partial charge in [-0.1, -0.05) is 48.6 Å². The molecule has 7 rings (SSSR count). The third-order valence-electron chi connectivity index (χ3n) is 11.5. The van der Waals surface area contributed by atoms with Gasteiger partial charge in [-0.05, 0) is 83.4 Å². The monoisotopic (exact) mass is 544 g/mol. The Kier molecular flexibility index (Phi) is 6.90. The summed E-state index contributed by atoms with van der Waals surface area (Å²) in [6.45, 7) is 0. The van der Waals surface area contributed by atoms with Crippen LogP contribution in [0.1, 0.15) is 70.6 Å². The lowest BCUT2D eigenvalue weighted by Gasteiger charge is -2.46. The lowest BCUT2D eigenvalue weighted by atomic mass is 9.58. The summed E-state index contributed by atoms with van der Waals surface area (Å²) in [5.41, 5.74) is 0.634. The zero-order valence-electron chi connectivity index (χ0n) is 24.0. The van der Waals surface area contributed by atoms with Crippen molar-refractivity contribution in [3.8, 4) is 0 Å². The topological polar surface area (TPSA) is 59.1 Å². The van der Waals surface area contributed by atoms with Gasteiger partial charge in [0.25, 0.3) is 0 Å².